The molecule has 0 radical (unpaired) electrons. The molecule has 246 valence electrons. The van der Waals surface area contributed by atoms with Crippen LogP contribution >= 0.6 is 0 Å². The van der Waals surface area contributed by atoms with Crippen LogP contribution in [-0.2, 0) is 5.41 Å². The zero-order valence-electron chi connectivity index (χ0n) is 28.1. The van der Waals surface area contributed by atoms with Crippen molar-refractivity contribution in [3.8, 4) is 11.5 Å². The second-order valence-electron chi connectivity index (χ2n) is 14.1. The standard InChI is InChI=1S/C47H37N3O/c48-35-24-26-39-37(28-35)36-27-34(23-25-38(36)47(39)40-15-7-9-17-44(40)51-45-18-10-8-16-41(45)47)30-19-21-32(22-20-30)43-29-42(31-11-3-1-4-12-31)49-46(50-43)33-13-5-2-6-14-33/h1-29,36-39,46,50H,48H2. The molecular weight excluding hydrogens is 623 g/mol. The van der Waals surface area contributed by atoms with Crippen LogP contribution in [0.1, 0.15) is 39.5 Å². The highest BCUT2D eigenvalue weighted by Gasteiger charge is 2.62. The number of benzene rings is 5. The Balaban J connectivity index is 1.02. The van der Waals surface area contributed by atoms with Gasteiger partial charge in [-0.15, -0.1) is 0 Å². The minimum Gasteiger partial charge on any atom is -0.457 e. The maximum absolute atomic E-state index is 6.54. The topological polar surface area (TPSA) is 59.6 Å². The lowest BCUT2D eigenvalue weighted by Gasteiger charge is -2.45. The molecular formula is C47H37N3O. The molecule has 1 fully saturated rings. The first-order valence-corrected chi connectivity index (χ1v) is 17.9. The summed E-state index contributed by atoms with van der Waals surface area (Å²) < 4.78 is 6.54. The predicted molar refractivity (Wildman–Crippen MR) is 206 cm³/mol. The first kappa shape index (κ1) is 29.8. The van der Waals surface area contributed by atoms with Gasteiger partial charge >= 0.3 is 0 Å². The Bertz CT molecular complexity index is 2300. The van der Waals surface area contributed by atoms with Gasteiger partial charge < -0.3 is 15.8 Å². The maximum atomic E-state index is 6.54. The Morgan fingerprint density at radius 3 is 1.88 bits per heavy atom. The molecule has 5 aliphatic rings. The van der Waals surface area contributed by atoms with E-state index in [-0.39, 0.29) is 35.3 Å². The van der Waals surface area contributed by atoms with E-state index in [4.69, 9.17) is 15.5 Å². The van der Waals surface area contributed by atoms with Gasteiger partial charge in [0.2, 0.25) is 0 Å². The van der Waals surface area contributed by atoms with Gasteiger partial charge in [0.05, 0.1) is 5.71 Å². The smallest absolute Gasteiger partial charge is 0.145 e. The second-order valence-corrected chi connectivity index (χ2v) is 14.1. The average Bonchev–Trinajstić information content (AvgIpc) is 3.47. The van der Waals surface area contributed by atoms with Gasteiger partial charge in [0.15, 0.2) is 0 Å². The van der Waals surface area contributed by atoms with Crippen LogP contribution in [-0.4, -0.2) is 5.71 Å². The monoisotopic (exact) mass is 659 g/mol. The van der Waals surface area contributed by atoms with Crippen LogP contribution in [0.4, 0.5) is 0 Å². The third-order valence-corrected chi connectivity index (χ3v) is 11.5. The summed E-state index contributed by atoms with van der Waals surface area (Å²) in [6.07, 6.45) is 16.1. The van der Waals surface area contributed by atoms with Crippen LogP contribution in [0.3, 0.4) is 0 Å². The maximum Gasteiger partial charge on any atom is 0.145 e. The molecule has 51 heavy (non-hydrogen) atoms. The lowest BCUT2D eigenvalue weighted by Crippen LogP contribution is -2.41. The molecule has 4 nitrogen and oxygen atoms in total. The number of rotatable bonds is 4. The number of aliphatic imine (C=N–C) groups is 1. The fourth-order valence-corrected chi connectivity index (χ4v) is 9.33. The van der Waals surface area contributed by atoms with Crippen molar-refractivity contribution in [2.24, 2.45) is 34.4 Å². The first-order chi connectivity index (χ1) is 25.2. The number of hydrogen-bond acceptors (Lipinski definition) is 4. The van der Waals surface area contributed by atoms with Gasteiger partial charge in [-0.05, 0) is 75.8 Å². The third kappa shape index (κ3) is 4.70. The molecule has 5 aromatic rings. The van der Waals surface area contributed by atoms with E-state index in [9.17, 15) is 0 Å². The molecule has 5 atom stereocenters. The van der Waals surface area contributed by atoms with Crippen LogP contribution in [0.15, 0.2) is 187 Å². The summed E-state index contributed by atoms with van der Waals surface area (Å²) in [4.78, 5) is 5.11. The van der Waals surface area contributed by atoms with Crippen molar-refractivity contribution >= 4 is 17.0 Å². The Kier molecular flexibility index (Phi) is 6.85. The molecule has 3 aliphatic carbocycles. The molecule has 0 bridgehead atoms. The summed E-state index contributed by atoms with van der Waals surface area (Å²) in [6, 6.07) is 47.1. The van der Waals surface area contributed by atoms with Gasteiger partial charge in [0.1, 0.15) is 17.7 Å². The van der Waals surface area contributed by atoms with Crippen LogP contribution < -0.4 is 15.8 Å². The van der Waals surface area contributed by atoms with Crippen molar-refractivity contribution in [2.75, 3.05) is 0 Å². The SMILES string of the molecule is NC1=CC2C3C=C(c4ccc(C5=CC(c6ccccc6)=NC(c6ccccc6)N5)cc4)C=CC3C3(c4ccccc4Oc4ccccc43)C2C=C1. The zero-order chi connectivity index (χ0) is 33.9. The molecule has 3 N–H and O–H groups in total. The van der Waals surface area contributed by atoms with Gasteiger partial charge in [-0.3, -0.25) is 4.99 Å². The van der Waals surface area contributed by atoms with E-state index < -0.39 is 0 Å². The van der Waals surface area contributed by atoms with E-state index >= 15 is 0 Å². The van der Waals surface area contributed by atoms with Crippen LogP contribution in [0.2, 0.25) is 0 Å². The largest absolute Gasteiger partial charge is 0.457 e. The summed E-state index contributed by atoms with van der Waals surface area (Å²) in [5, 5.41) is 3.71. The minimum absolute atomic E-state index is 0.171. The van der Waals surface area contributed by atoms with Gasteiger partial charge in [-0.1, -0.05) is 152 Å². The lowest BCUT2D eigenvalue weighted by atomic mass is 9.59. The molecule has 0 amide bonds. The summed E-state index contributed by atoms with van der Waals surface area (Å²) in [5.74, 6) is 2.88. The zero-order valence-corrected chi connectivity index (χ0v) is 28.1. The molecule has 0 saturated heterocycles. The highest BCUT2D eigenvalue weighted by molar-refractivity contribution is 6.13. The molecule has 5 unspecified atom stereocenters. The van der Waals surface area contributed by atoms with Crippen molar-refractivity contribution in [1.29, 1.82) is 0 Å². The molecule has 0 aromatic heterocycles. The van der Waals surface area contributed by atoms with Crippen LogP contribution in [0.25, 0.3) is 11.3 Å². The number of fused-ring (bicyclic) bond motifs is 9. The van der Waals surface area contributed by atoms with Crippen molar-refractivity contribution in [2.45, 2.75) is 11.6 Å². The van der Waals surface area contributed by atoms with Crippen LogP contribution in [0.5, 0.6) is 11.5 Å². The van der Waals surface area contributed by atoms with Gasteiger partial charge in [0.25, 0.3) is 0 Å². The molecule has 5 aromatic carbocycles. The summed E-state index contributed by atoms with van der Waals surface area (Å²) in [6.45, 7) is 0. The van der Waals surface area contributed by atoms with E-state index in [1.54, 1.807) is 0 Å². The second kappa shape index (κ2) is 11.7. The summed E-state index contributed by atoms with van der Waals surface area (Å²) in [7, 11) is 0. The van der Waals surface area contributed by atoms with Crippen molar-refractivity contribution in [3.63, 3.8) is 0 Å². The van der Waals surface area contributed by atoms with Crippen molar-refractivity contribution in [3.05, 3.63) is 215 Å². The fraction of sp³-hybridized carbons (Fsp3) is 0.128. The fourth-order valence-electron chi connectivity index (χ4n) is 9.33. The quantitative estimate of drug-likeness (QED) is 0.202. The molecule has 1 spiro atoms. The molecule has 4 heteroatoms. The number of allylic oxidation sites excluding steroid dienone is 8. The van der Waals surface area contributed by atoms with E-state index in [0.29, 0.717) is 0 Å². The number of nitrogens with two attached hydrogens (primary N) is 1. The van der Waals surface area contributed by atoms with Gasteiger partial charge in [-0.25, -0.2) is 0 Å². The Morgan fingerprint density at radius 2 is 1.18 bits per heavy atom. The number of ether oxygens (including phenoxy) is 1. The number of hydrogen-bond donors (Lipinski definition) is 2. The van der Waals surface area contributed by atoms with E-state index in [1.165, 1.54) is 22.3 Å². The van der Waals surface area contributed by atoms with E-state index in [2.05, 4.69) is 169 Å². The molecule has 2 aliphatic heterocycles. The Hall–Kier alpha value is -6.13. The number of para-hydroxylation sites is 2. The van der Waals surface area contributed by atoms with Crippen molar-refractivity contribution < 1.29 is 4.74 Å². The average molecular weight is 660 g/mol. The van der Waals surface area contributed by atoms with E-state index in [0.717, 1.165) is 45.3 Å². The summed E-state index contributed by atoms with van der Waals surface area (Å²) in [5.41, 5.74) is 17.5. The molecule has 2 heterocycles. The minimum atomic E-state index is -0.275. The molecule has 10 rings (SSSR count). The lowest BCUT2D eigenvalue weighted by molar-refractivity contribution is 0.310. The Labute approximate surface area is 298 Å². The highest BCUT2D eigenvalue weighted by Crippen LogP contribution is 2.67. The summed E-state index contributed by atoms with van der Waals surface area (Å²) >= 11 is 0. The number of nitrogens with zero attached hydrogens (tertiary/aromatic N) is 1. The van der Waals surface area contributed by atoms with Crippen molar-refractivity contribution in [1.82, 2.24) is 5.32 Å². The highest BCUT2D eigenvalue weighted by atomic mass is 16.5. The molecule has 1 saturated carbocycles. The Morgan fingerprint density at radius 1 is 0.588 bits per heavy atom. The van der Waals surface area contributed by atoms with Gasteiger partial charge in [-0.2, -0.15) is 0 Å². The number of nitrogens with one attached hydrogen (secondary N) is 1. The first-order valence-electron chi connectivity index (χ1n) is 17.9. The predicted octanol–water partition coefficient (Wildman–Crippen LogP) is 9.75. The van der Waals surface area contributed by atoms with Crippen LogP contribution in [0, 0.1) is 23.7 Å². The van der Waals surface area contributed by atoms with E-state index in [1.807, 2.05) is 12.1 Å². The normalized spacial score (nSPS) is 24.7. The van der Waals surface area contributed by atoms with Gasteiger partial charge in [0, 0.05) is 27.9 Å². The third-order valence-electron chi connectivity index (χ3n) is 11.5.